The van der Waals surface area contributed by atoms with Crippen molar-refractivity contribution in [3.63, 3.8) is 0 Å². The van der Waals surface area contributed by atoms with Gasteiger partial charge in [-0.1, -0.05) is 47.6 Å². The molecular weight excluding hydrogens is 426 g/mol. The van der Waals surface area contributed by atoms with Crippen molar-refractivity contribution < 1.29 is 9.53 Å². The topological polar surface area (TPSA) is 119 Å². The van der Waals surface area contributed by atoms with Gasteiger partial charge in [0.05, 0.1) is 24.3 Å². The van der Waals surface area contributed by atoms with Crippen LogP contribution in [0.4, 0.5) is 11.6 Å². The highest BCUT2D eigenvalue weighted by Gasteiger charge is 2.13. The van der Waals surface area contributed by atoms with Crippen LogP contribution in [0, 0.1) is 0 Å². The lowest BCUT2D eigenvalue weighted by atomic mass is 10.2. The van der Waals surface area contributed by atoms with Gasteiger partial charge >= 0.3 is 0 Å². The van der Waals surface area contributed by atoms with Gasteiger partial charge in [-0.3, -0.25) is 4.79 Å². The summed E-state index contributed by atoms with van der Waals surface area (Å²) in [5.41, 5.74) is 4.14. The van der Waals surface area contributed by atoms with E-state index < -0.39 is 0 Å². The number of nitrogens with one attached hydrogen (secondary N) is 2. The fourth-order valence-electron chi connectivity index (χ4n) is 2.37. The van der Waals surface area contributed by atoms with Crippen molar-refractivity contribution in [3.8, 4) is 5.75 Å². The van der Waals surface area contributed by atoms with E-state index in [0.717, 1.165) is 17.3 Å². The van der Waals surface area contributed by atoms with Crippen LogP contribution >= 0.6 is 23.4 Å². The summed E-state index contributed by atoms with van der Waals surface area (Å²) < 4.78 is 6.73. The molecule has 0 radical (unpaired) electrons. The third kappa shape index (κ3) is 5.88. The number of aromatic nitrogens is 3. The maximum absolute atomic E-state index is 12.3. The van der Waals surface area contributed by atoms with Crippen LogP contribution in [0.5, 0.6) is 5.75 Å². The molecule has 0 aliphatic carbocycles. The van der Waals surface area contributed by atoms with Crippen molar-refractivity contribution in [1.82, 2.24) is 14.9 Å². The van der Waals surface area contributed by atoms with E-state index in [1.54, 1.807) is 30.5 Å². The predicted octanol–water partition coefficient (Wildman–Crippen LogP) is 3.22. The Kier molecular flexibility index (Phi) is 7.52. The molecule has 30 heavy (non-hydrogen) atoms. The number of benzene rings is 2. The number of rotatable bonds is 9. The molecule has 9 nitrogen and oxygen atoms in total. The van der Waals surface area contributed by atoms with E-state index in [0.29, 0.717) is 28.2 Å². The van der Waals surface area contributed by atoms with Gasteiger partial charge in [-0.15, -0.1) is 10.2 Å². The molecule has 2 aromatic carbocycles. The summed E-state index contributed by atoms with van der Waals surface area (Å²) in [6.45, 7) is 2.39. The van der Waals surface area contributed by atoms with Crippen LogP contribution in [0.1, 0.15) is 12.5 Å². The fourth-order valence-corrected chi connectivity index (χ4v) is 3.23. The number of halogens is 1. The van der Waals surface area contributed by atoms with Crippen LogP contribution in [0.2, 0.25) is 5.02 Å². The van der Waals surface area contributed by atoms with Crippen molar-refractivity contribution in [2.45, 2.75) is 12.1 Å². The van der Waals surface area contributed by atoms with Gasteiger partial charge in [-0.2, -0.15) is 5.10 Å². The first kappa shape index (κ1) is 21.5. The number of amides is 1. The molecular formula is C19H20ClN7O2S. The molecule has 156 valence electrons. The maximum atomic E-state index is 12.3. The predicted molar refractivity (Wildman–Crippen MR) is 120 cm³/mol. The monoisotopic (exact) mass is 445 g/mol. The number of hydrogen-bond donors (Lipinski definition) is 3. The van der Waals surface area contributed by atoms with Gasteiger partial charge in [0.1, 0.15) is 5.75 Å². The minimum atomic E-state index is -0.219. The van der Waals surface area contributed by atoms with E-state index >= 15 is 0 Å². The molecule has 3 rings (SSSR count). The third-order valence-corrected chi connectivity index (χ3v) is 4.86. The van der Waals surface area contributed by atoms with Gasteiger partial charge in [0.2, 0.25) is 11.1 Å². The summed E-state index contributed by atoms with van der Waals surface area (Å²) in [6.07, 6.45) is 1.58. The number of hydrazone groups is 1. The van der Waals surface area contributed by atoms with E-state index in [9.17, 15) is 4.79 Å². The number of nitrogens with zero attached hydrogens (tertiary/aromatic N) is 4. The SMILES string of the molecule is CCOc1ccccc1NC(=O)CSc1nnc(N/N=C/c2cccc(Cl)c2)n1N. The maximum Gasteiger partial charge on any atom is 0.264 e. The Morgan fingerprint density at radius 1 is 1.30 bits per heavy atom. The van der Waals surface area contributed by atoms with E-state index in [2.05, 4.69) is 26.0 Å². The first-order chi connectivity index (χ1) is 14.6. The highest BCUT2D eigenvalue weighted by Crippen LogP contribution is 2.24. The number of ether oxygens (including phenoxy) is 1. The number of anilines is 2. The average molecular weight is 446 g/mol. The molecule has 0 aliphatic rings. The second-order valence-corrected chi connectivity index (χ2v) is 7.25. The van der Waals surface area contributed by atoms with Crippen molar-refractivity contribution in [2.24, 2.45) is 5.10 Å². The zero-order valence-electron chi connectivity index (χ0n) is 16.1. The van der Waals surface area contributed by atoms with Crippen molar-refractivity contribution >= 4 is 47.1 Å². The number of hydrogen-bond acceptors (Lipinski definition) is 8. The smallest absolute Gasteiger partial charge is 0.264 e. The lowest BCUT2D eigenvalue weighted by molar-refractivity contribution is -0.113. The van der Waals surface area contributed by atoms with Gasteiger partial charge in [0.25, 0.3) is 5.95 Å². The molecule has 0 aliphatic heterocycles. The standard InChI is InChI=1S/C19H20ClN7O2S/c1-2-29-16-9-4-3-8-15(16)23-17(28)12-30-19-26-25-18(27(19)21)24-22-11-13-6-5-7-14(20)10-13/h3-11H,2,12,21H2,1H3,(H,23,28)(H,24,25)/b22-11+. The van der Waals surface area contributed by atoms with E-state index in [4.69, 9.17) is 22.2 Å². The van der Waals surface area contributed by atoms with Gasteiger partial charge in [0.15, 0.2) is 0 Å². The number of nitrogens with two attached hydrogens (primary N) is 1. The van der Waals surface area contributed by atoms with E-state index in [-0.39, 0.29) is 17.6 Å². The molecule has 0 fully saturated rings. The lowest BCUT2D eigenvalue weighted by Crippen LogP contribution is -2.17. The van der Waals surface area contributed by atoms with Gasteiger partial charge < -0.3 is 15.9 Å². The summed E-state index contributed by atoms with van der Waals surface area (Å²) in [7, 11) is 0. The van der Waals surface area contributed by atoms with Crippen molar-refractivity contribution in [3.05, 3.63) is 59.1 Å². The minimum absolute atomic E-state index is 0.0988. The highest BCUT2D eigenvalue weighted by molar-refractivity contribution is 7.99. The molecule has 0 atom stereocenters. The Morgan fingerprint density at radius 3 is 2.93 bits per heavy atom. The third-order valence-electron chi connectivity index (χ3n) is 3.68. The molecule has 0 saturated carbocycles. The first-order valence-corrected chi connectivity index (χ1v) is 10.3. The summed E-state index contributed by atoms with van der Waals surface area (Å²) in [6, 6.07) is 14.5. The van der Waals surface area contributed by atoms with E-state index in [1.807, 2.05) is 31.2 Å². The Hall–Kier alpha value is -3.24. The van der Waals surface area contributed by atoms with E-state index in [1.165, 1.54) is 4.68 Å². The summed E-state index contributed by atoms with van der Waals surface area (Å²) in [5, 5.41) is 15.8. The van der Waals surface area contributed by atoms with Crippen molar-refractivity contribution in [2.75, 3.05) is 28.9 Å². The first-order valence-electron chi connectivity index (χ1n) is 8.96. The summed E-state index contributed by atoms with van der Waals surface area (Å²) in [5.74, 6) is 6.70. The number of carbonyl (C=O) groups excluding carboxylic acids is 1. The van der Waals surface area contributed by atoms with Crippen LogP contribution in [0.3, 0.4) is 0 Å². The molecule has 1 amide bonds. The Balaban J connectivity index is 1.54. The number of carbonyl (C=O) groups is 1. The van der Waals surface area contributed by atoms with Crippen LogP contribution in [-0.2, 0) is 4.79 Å². The molecule has 11 heteroatoms. The lowest BCUT2D eigenvalue weighted by Gasteiger charge is -2.10. The fraction of sp³-hybridized carbons (Fsp3) is 0.158. The van der Waals surface area contributed by atoms with Crippen LogP contribution in [0.25, 0.3) is 0 Å². The summed E-state index contributed by atoms with van der Waals surface area (Å²) in [4.78, 5) is 12.3. The Morgan fingerprint density at radius 2 is 2.13 bits per heavy atom. The quantitative estimate of drug-likeness (QED) is 0.200. The van der Waals surface area contributed by atoms with Crippen LogP contribution in [0.15, 0.2) is 58.8 Å². The second-order valence-electron chi connectivity index (χ2n) is 5.87. The molecule has 1 aromatic heterocycles. The van der Waals surface area contributed by atoms with Gasteiger partial charge in [0, 0.05) is 5.02 Å². The largest absolute Gasteiger partial charge is 0.492 e. The number of para-hydroxylation sites is 2. The second kappa shape index (κ2) is 10.5. The minimum Gasteiger partial charge on any atom is -0.492 e. The van der Waals surface area contributed by atoms with Gasteiger partial charge in [-0.25, -0.2) is 10.1 Å². The molecule has 4 N–H and O–H groups in total. The molecule has 0 bridgehead atoms. The summed E-state index contributed by atoms with van der Waals surface area (Å²) >= 11 is 7.08. The Labute approximate surface area is 182 Å². The molecule has 0 unspecified atom stereocenters. The normalized spacial score (nSPS) is 10.9. The molecule has 3 aromatic rings. The van der Waals surface area contributed by atoms with Gasteiger partial charge in [-0.05, 0) is 36.8 Å². The molecule has 0 saturated heterocycles. The number of nitrogen functional groups attached to an aromatic ring is 1. The molecule has 1 heterocycles. The van der Waals surface area contributed by atoms with Crippen molar-refractivity contribution in [1.29, 1.82) is 0 Å². The highest BCUT2D eigenvalue weighted by atomic mass is 35.5. The average Bonchev–Trinajstić information content (AvgIpc) is 3.08. The molecule has 0 spiro atoms. The zero-order chi connectivity index (χ0) is 21.3. The number of thioether (sulfide) groups is 1. The zero-order valence-corrected chi connectivity index (χ0v) is 17.7. The van der Waals surface area contributed by atoms with Crippen LogP contribution in [-0.4, -0.2) is 39.4 Å². The van der Waals surface area contributed by atoms with Crippen LogP contribution < -0.4 is 21.3 Å². The Bertz CT molecular complexity index is 1040.